The van der Waals surface area contributed by atoms with Crippen LogP contribution in [0.3, 0.4) is 0 Å². The standard InChI is InChI=1S/C27H25IN2O6S/c28-23-15-18(8-11-25(23)31)12-14-29-24-10-9-21(16-22(24)26(32)27(29)33)37(34,35)30-13-4-5-19(30)17-36-20-6-2-1-3-7-20/h1-3,6-11,15-16,19,31H,4-5,12-14,17H2/t19-/m0/s1/i28-4. The van der Waals surface area contributed by atoms with E-state index in [1.54, 1.807) is 12.1 Å². The number of Topliss-reactive ketones (excluding diaryl/α,β-unsaturated/α-hetero) is 1. The van der Waals surface area contributed by atoms with Crippen LogP contribution < -0.4 is 9.64 Å². The fourth-order valence-electron chi connectivity index (χ4n) is 4.75. The molecule has 2 aliphatic rings. The van der Waals surface area contributed by atoms with Gasteiger partial charge >= 0.3 is 0 Å². The predicted molar refractivity (Wildman–Crippen MR) is 147 cm³/mol. The molecule has 0 saturated carbocycles. The number of ether oxygens (including phenoxy) is 1. The summed E-state index contributed by atoms with van der Waals surface area (Å²) in [6.07, 6.45) is 1.87. The normalized spacial score (nSPS) is 17.9. The number of amides is 1. The second-order valence-corrected chi connectivity index (χ2v) is 12.1. The topological polar surface area (TPSA) is 104 Å². The number of halogens is 1. The number of carbonyl (C=O) groups excluding carboxylic acids is 2. The van der Waals surface area contributed by atoms with E-state index in [1.165, 1.54) is 27.4 Å². The molecule has 2 aliphatic heterocycles. The molecule has 0 aromatic heterocycles. The Labute approximate surface area is 229 Å². The lowest BCUT2D eigenvalue weighted by Gasteiger charge is -2.24. The van der Waals surface area contributed by atoms with Gasteiger partial charge in [-0.05, 0) is 89.9 Å². The Bertz CT molecular complexity index is 1460. The third-order valence-corrected chi connectivity index (χ3v) is 9.51. The van der Waals surface area contributed by atoms with Crippen LogP contribution in [0.15, 0.2) is 71.6 Å². The summed E-state index contributed by atoms with van der Waals surface area (Å²) in [6, 6.07) is 18.4. The van der Waals surface area contributed by atoms with Gasteiger partial charge in [-0.1, -0.05) is 24.3 Å². The number of phenolic OH excluding ortho intramolecular Hbond substituents is 1. The van der Waals surface area contributed by atoms with E-state index >= 15 is 0 Å². The molecule has 0 bridgehead atoms. The monoisotopic (exact) mass is 628 g/mol. The molecule has 5 rings (SSSR count). The Morgan fingerprint density at radius 1 is 1.03 bits per heavy atom. The SMILES string of the molecule is O=C1C(=O)N(CCc2ccc(O)c([123I])c2)c2ccc(S(=O)(=O)N3CCC[C@H]3COc3ccccc3)cc21. The maximum absolute atomic E-state index is 13.5. The van der Waals surface area contributed by atoms with Gasteiger partial charge in [0.1, 0.15) is 18.1 Å². The Morgan fingerprint density at radius 2 is 1.81 bits per heavy atom. The number of phenols is 1. The third kappa shape index (κ3) is 5.10. The van der Waals surface area contributed by atoms with Crippen molar-refractivity contribution in [2.45, 2.75) is 30.2 Å². The van der Waals surface area contributed by atoms with E-state index in [0.29, 0.717) is 40.8 Å². The zero-order chi connectivity index (χ0) is 26.2. The first kappa shape index (κ1) is 25.7. The number of hydrogen-bond acceptors (Lipinski definition) is 6. The van der Waals surface area contributed by atoms with E-state index in [4.69, 9.17) is 4.74 Å². The molecule has 0 aliphatic carbocycles. The van der Waals surface area contributed by atoms with Crippen LogP contribution in [0.1, 0.15) is 28.8 Å². The fraction of sp³-hybridized carbons (Fsp3) is 0.259. The van der Waals surface area contributed by atoms with Crippen molar-refractivity contribution >= 4 is 50.0 Å². The minimum absolute atomic E-state index is 0.00560. The van der Waals surface area contributed by atoms with Gasteiger partial charge in [-0.3, -0.25) is 9.59 Å². The molecule has 1 atom stereocenters. The minimum atomic E-state index is -3.89. The molecule has 192 valence electrons. The number of nitrogens with zero attached hydrogens (tertiary/aromatic N) is 2. The van der Waals surface area contributed by atoms with E-state index < -0.39 is 21.7 Å². The van der Waals surface area contributed by atoms with Crippen LogP contribution in [-0.2, 0) is 21.2 Å². The van der Waals surface area contributed by atoms with Crippen molar-refractivity contribution in [1.82, 2.24) is 4.31 Å². The molecule has 3 aromatic carbocycles. The maximum atomic E-state index is 13.5. The van der Waals surface area contributed by atoms with Gasteiger partial charge in [-0.25, -0.2) is 8.42 Å². The first-order chi connectivity index (χ1) is 17.8. The summed E-state index contributed by atoms with van der Waals surface area (Å²) >= 11 is 2.03. The first-order valence-electron chi connectivity index (χ1n) is 11.9. The summed E-state index contributed by atoms with van der Waals surface area (Å²) in [5.74, 6) is -0.524. The van der Waals surface area contributed by atoms with E-state index in [0.717, 1.165) is 5.56 Å². The number of para-hydroxylation sites is 1. The molecule has 1 fully saturated rings. The van der Waals surface area contributed by atoms with Gasteiger partial charge in [0.2, 0.25) is 10.0 Å². The van der Waals surface area contributed by atoms with Gasteiger partial charge in [-0.15, -0.1) is 0 Å². The van der Waals surface area contributed by atoms with Gasteiger partial charge in [0, 0.05) is 13.1 Å². The molecule has 3 aromatic rings. The van der Waals surface area contributed by atoms with Crippen molar-refractivity contribution < 1.29 is 27.9 Å². The van der Waals surface area contributed by atoms with Crippen LogP contribution in [0, 0.1) is 3.57 Å². The van der Waals surface area contributed by atoms with Crippen molar-refractivity contribution in [1.29, 1.82) is 0 Å². The van der Waals surface area contributed by atoms with E-state index in [1.807, 2.05) is 59.0 Å². The second kappa shape index (κ2) is 10.4. The Hall–Kier alpha value is -2.96. The van der Waals surface area contributed by atoms with Gasteiger partial charge in [0.05, 0.1) is 25.8 Å². The van der Waals surface area contributed by atoms with Crippen molar-refractivity contribution in [3.05, 3.63) is 81.4 Å². The molecule has 0 unspecified atom stereocenters. The number of ketones is 1. The van der Waals surface area contributed by atoms with Crippen LogP contribution >= 0.6 is 22.6 Å². The molecular formula is C27H25IN2O6S. The van der Waals surface area contributed by atoms with Crippen molar-refractivity contribution in [2.75, 3.05) is 24.6 Å². The fourth-order valence-corrected chi connectivity index (χ4v) is 7.03. The van der Waals surface area contributed by atoms with Gasteiger partial charge in [0.25, 0.3) is 11.7 Å². The zero-order valence-corrected chi connectivity index (χ0v) is 22.8. The van der Waals surface area contributed by atoms with Crippen molar-refractivity contribution in [3.8, 4) is 11.5 Å². The van der Waals surface area contributed by atoms with Crippen molar-refractivity contribution in [3.63, 3.8) is 0 Å². The summed E-state index contributed by atoms with van der Waals surface area (Å²) in [6.45, 7) is 0.859. The molecule has 2 heterocycles. The van der Waals surface area contributed by atoms with E-state index in [9.17, 15) is 23.1 Å². The summed E-state index contributed by atoms with van der Waals surface area (Å²) in [7, 11) is -3.89. The lowest BCUT2D eigenvalue weighted by Crippen LogP contribution is -2.39. The lowest BCUT2D eigenvalue weighted by molar-refractivity contribution is -0.114. The number of hydrogen-bond donors (Lipinski definition) is 1. The average Bonchev–Trinajstić information content (AvgIpc) is 3.47. The second-order valence-electron chi connectivity index (χ2n) is 9.04. The Kier molecular flexibility index (Phi) is 7.24. The highest BCUT2D eigenvalue weighted by molar-refractivity contribution is 14.1. The zero-order valence-electron chi connectivity index (χ0n) is 19.8. The van der Waals surface area contributed by atoms with Crippen LogP contribution in [0.5, 0.6) is 11.5 Å². The molecule has 0 spiro atoms. The molecule has 8 nitrogen and oxygen atoms in total. The third-order valence-electron chi connectivity index (χ3n) is 6.69. The molecular weight excluding hydrogens is 603 g/mol. The summed E-state index contributed by atoms with van der Waals surface area (Å²) < 4.78 is 35.0. The molecule has 10 heteroatoms. The number of rotatable bonds is 8. The summed E-state index contributed by atoms with van der Waals surface area (Å²) in [5.41, 5.74) is 1.42. The Morgan fingerprint density at radius 3 is 2.57 bits per heavy atom. The van der Waals surface area contributed by atoms with Crippen molar-refractivity contribution in [2.24, 2.45) is 0 Å². The molecule has 1 saturated heterocycles. The number of carbonyl (C=O) groups is 2. The summed E-state index contributed by atoms with van der Waals surface area (Å²) in [4.78, 5) is 26.9. The van der Waals surface area contributed by atoms with Crippen LogP contribution in [-0.4, -0.2) is 55.3 Å². The van der Waals surface area contributed by atoms with Gasteiger partial charge < -0.3 is 14.7 Å². The number of aromatic hydroxyl groups is 1. The highest BCUT2D eigenvalue weighted by atomic mass is 123. The van der Waals surface area contributed by atoms with Crippen LogP contribution in [0.2, 0.25) is 0 Å². The average molecular weight is 628 g/mol. The largest absolute Gasteiger partial charge is 0.507 e. The van der Waals surface area contributed by atoms with Crippen LogP contribution in [0.4, 0.5) is 5.69 Å². The number of fused-ring (bicyclic) bond motifs is 1. The molecule has 37 heavy (non-hydrogen) atoms. The first-order valence-corrected chi connectivity index (χ1v) is 14.4. The lowest BCUT2D eigenvalue weighted by atomic mass is 10.1. The highest BCUT2D eigenvalue weighted by Crippen LogP contribution is 2.34. The van der Waals surface area contributed by atoms with E-state index in [2.05, 4.69) is 0 Å². The smallest absolute Gasteiger partial charge is 0.299 e. The highest BCUT2D eigenvalue weighted by Gasteiger charge is 2.39. The molecule has 1 N–H and O–H groups in total. The summed E-state index contributed by atoms with van der Waals surface area (Å²) in [5, 5.41) is 9.72. The number of anilines is 1. The van der Waals surface area contributed by atoms with Gasteiger partial charge in [0.15, 0.2) is 0 Å². The minimum Gasteiger partial charge on any atom is -0.507 e. The Balaban J connectivity index is 1.34. The molecule has 1 amide bonds. The quantitative estimate of drug-likeness (QED) is 0.299. The van der Waals surface area contributed by atoms with Crippen LogP contribution in [0.25, 0.3) is 0 Å². The molecule has 0 radical (unpaired) electrons. The predicted octanol–water partition coefficient (Wildman–Crippen LogP) is 4.00. The number of benzene rings is 3. The van der Waals surface area contributed by atoms with Gasteiger partial charge in [-0.2, -0.15) is 4.31 Å². The maximum Gasteiger partial charge on any atom is 0.299 e. The number of sulfonamides is 1. The van der Waals surface area contributed by atoms with E-state index in [-0.39, 0.29) is 35.4 Å².